The van der Waals surface area contributed by atoms with Crippen molar-refractivity contribution in [2.75, 3.05) is 228 Å². The summed E-state index contributed by atoms with van der Waals surface area (Å²) in [6.07, 6.45) is -15.7. The second-order valence-corrected chi connectivity index (χ2v) is 25.1. The fraction of sp³-hybridized carbons (Fsp3) is 0.857. The van der Waals surface area contributed by atoms with Gasteiger partial charge >= 0.3 is 59.9 Å². The van der Waals surface area contributed by atoms with E-state index in [4.69, 9.17) is 160 Å². The highest BCUT2D eigenvalue weighted by molar-refractivity contribution is 6.67. The summed E-state index contributed by atoms with van der Waals surface area (Å²) in [5, 5.41) is 175. The predicted molar refractivity (Wildman–Crippen MR) is 392 cm³/mol. The van der Waals surface area contributed by atoms with E-state index < -0.39 is 102 Å². The van der Waals surface area contributed by atoms with Crippen molar-refractivity contribution in [3.05, 3.63) is 47.1 Å². The molecule has 688 valence electrons. The molecule has 4 unspecified atom stereocenters. The molecule has 0 aromatic carbocycles. The van der Waals surface area contributed by atoms with Crippen LogP contribution in [0.3, 0.4) is 0 Å². The van der Waals surface area contributed by atoms with Crippen LogP contribution in [0.2, 0.25) is 0 Å². The van der Waals surface area contributed by atoms with Crippen LogP contribution in [0.15, 0.2) is 47.1 Å². The second kappa shape index (κ2) is 128. The summed E-state index contributed by atoms with van der Waals surface area (Å²) in [6, 6.07) is 0. The van der Waals surface area contributed by atoms with E-state index in [1.54, 1.807) is 0 Å². The van der Waals surface area contributed by atoms with Gasteiger partial charge < -0.3 is 176 Å². The Bertz CT molecular complexity index is 1380. The van der Waals surface area contributed by atoms with E-state index in [0.717, 1.165) is 174 Å². The van der Waals surface area contributed by atoms with Gasteiger partial charge in [-0.2, -0.15) is 52.7 Å². The quantitative estimate of drug-likeness (QED) is 0.0504. The van der Waals surface area contributed by atoms with Crippen LogP contribution in [0.1, 0.15) is 53.4 Å². The van der Waals surface area contributed by atoms with Gasteiger partial charge in [-0.1, -0.05) is 24.3 Å². The molecular formula is C56H148F12O36Si4. The van der Waals surface area contributed by atoms with Gasteiger partial charge in [0.25, 0.3) is 0 Å². The molecule has 0 radical (unpaired) electrons. The van der Waals surface area contributed by atoms with Gasteiger partial charge in [0.2, 0.25) is 0 Å². The standard InChI is InChI=1S/3C9H17F3O4Si.C8H13F3O3Si.21CH4O/c3*1-8(13,9(10,11)12)6-5-7-17(14-2,15-3)16-4;1-7(8(9,10)11)5-4-6-15(12-2,13-3)14-7;21*1-2/h3*5,7,13H,6H2,1-4H3;4,6H,5H2,1-3H3;21*2H,1H3/b2*7-5+;7-5-;;;;;;;;;;;;;;;;;;;;;;. The molecule has 0 aliphatic carbocycles. The Labute approximate surface area is 637 Å². The largest absolute Gasteiger partial charge is 0.529 e. The number of aliphatic hydroxyl groups is 24. The Morgan fingerprint density at radius 1 is 0.315 bits per heavy atom. The first-order valence-corrected chi connectivity index (χ1v) is 35.2. The van der Waals surface area contributed by atoms with Crippen molar-refractivity contribution in [2.24, 2.45) is 0 Å². The smallest absolute Gasteiger partial charge is 0.400 e. The Morgan fingerprint density at radius 2 is 0.454 bits per heavy atom. The lowest BCUT2D eigenvalue weighted by Gasteiger charge is -2.40. The van der Waals surface area contributed by atoms with Gasteiger partial charge in [0.05, 0.1) is 0 Å². The van der Waals surface area contributed by atoms with Crippen molar-refractivity contribution in [1.29, 1.82) is 0 Å². The maximum absolute atomic E-state index is 12.7. The summed E-state index contributed by atoms with van der Waals surface area (Å²) in [5.41, 5.74) is -5.20. The summed E-state index contributed by atoms with van der Waals surface area (Å²) < 4.78 is 209. The monoisotopic (exact) mass is 1740 g/mol. The number of rotatable bonds is 20. The molecule has 1 aliphatic rings. The molecular weight excluding hydrogens is 1590 g/mol. The number of alkyl halides is 12. The number of hydrogen-bond acceptors (Lipinski definition) is 36. The molecule has 1 heterocycles. The number of aliphatic hydroxyl groups excluding tert-OH is 21. The molecule has 24 N–H and O–H groups in total. The average molecular weight is 1740 g/mol. The molecule has 52 heteroatoms. The highest BCUT2D eigenvalue weighted by Crippen LogP contribution is 2.41. The first-order valence-electron chi connectivity index (χ1n) is 28.0. The highest BCUT2D eigenvalue weighted by atomic mass is 28.4. The van der Waals surface area contributed by atoms with Crippen LogP contribution >= 0.6 is 0 Å². The van der Waals surface area contributed by atoms with Crippen LogP contribution in [0.4, 0.5) is 52.7 Å². The molecule has 4 atom stereocenters. The predicted octanol–water partition coefficient (Wildman–Crippen LogP) is -1.18. The summed E-state index contributed by atoms with van der Waals surface area (Å²) in [6.45, 7) is 3.10. The zero-order chi connectivity index (χ0) is 95.0. The molecule has 108 heavy (non-hydrogen) atoms. The summed E-state index contributed by atoms with van der Waals surface area (Å²) >= 11 is 0. The molecule has 0 aromatic rings. The van der Waals surface area contributed by atoms with Gasteiger partial charge in [-0.3, -0.25) is 0 Å². The van der Waals surface area contributed by atoms with Crippen LogP contribution < -0.4 is 0 Å². The van der Waals surface area contributed by atoms with Crippen LogP contribution in [0.5, 0.6) is 0 Å². The molecule has 36 nitrogen and oxygen atoms in total. The number of hydrogen-bond donors (Lipinski definition) is 24. The Morgan fingerprint density at radius 3 is 0.556 bits per heavy atom. The minimum atomic E-state index is -4.69. The summed E-state index contributed by atoms with van der Waals surface area (Å²) in [7, 11) is 23.2. The Balaban J connectivity index is -0.0000000339. The van der Waals surface area contributed by atoms with Crippen LogP contribution in [0, 0.1) is 0 Å². The normalized spacial score (nSPS) is 13.6. The van der Waals surface area contributed by atoms with Gasteiger partial charge in [-0.15, -0.1) is 0 Å². The minimum absolute atomic E-state index is 0.224. The first-order chi connectivity index (χ1) is 50.7. The Kier molecular flexibility index (Phi) is 206. The number of halogens is 12. The van der Waals surface area contributed by atoms with E-state index in [1.165, 1.54) is 107 Å². The molecule has 0 aromatic heterocycles. The van der Waals surface area contributed by atoms with Crippen molar-refractivity contribution in [3.8, 4) is 0 Å². The zero-order valence-electron chi connectivity index (χ0n) is 69.6. The topological polar surface area (TPSA) is 596 Å². The third-order valence-corrected chi connectivity index (χ3v) is 18.8. The first kappa shape index (κ1) is 173. The van der Waals surface area contributed by atoms with Crippen molar-refractivity contribution in [2.45, 2.75) is 100 Å². The van der Waals surface area contributed by atoms with Gasteiger partial charge in [-0.25, -0.2) is 0 Å². The fourth-order valence-electron chi connectivity index (χ4n) is 4.30. The average Bonchev–Trinajstić information content (AvgIpc) is 0.775. The third kappa shape index (κ3) is 99.6. The molecule has 1 aliphatic heterocycles. The van der Waals surface area contributed by atoms with Crippen LogP contribution in [-0.2, 0) is 53.1 Å². The van der Waals surface area contributed by atoms with Gasteiger partial charge in [-0.05, 0) is 50.5 Å². The van der Waals surface area contributed by atoms with E-state index in [2.05, 4.69) is 0 Å². The van der Waals surface area contributed by atoms with Crippen LogP contribution in [0.25, 0.3) is 0 Å². The lowest BCUT2D eigenvalue weighted by Crippen LogP contribution is -2.57. The molecule has 0 fully saturated rings. The lowest BCUT2D eigenvalue weighted by molar-refractivity contribution is -0.253. The minimum Gasteiger partial charge on any atom is -0.400 e. The molecule has 0 bridgehead atoms. The van der Waals surface area contributed by atoms with E-state index in [9.17, 15) is 68.0 Å². The van der Waals surface area contributed by atoms with Gasteiger partial charge in [0.1, 0.15) is 0 Å². The summed E-state index contributed by atoms with van der Waals surface area (Å²) in [4.78, 5) is 0. The maximum atomic E-state index is 12.7. The third-order valence-electron chi connectivity index (χ3n) is 9.27. The summed E-state index contributed by atoms with van der Waals surface area (Å²) in [5.74, 6) is 0. The van der Waals surface area contributed by atoms with E-state index in [-0.39, 0.29) is 6.42 Å². The molecule has 1 rings (SSSR count). The fourth-order valence-corrected chi connectivity index (χ4v) is 10.2. The van der Waals surface area contributed by atoms with Gasteiger partial charge in [0.15, 0.2) is 22.4 Å². The van der Waals surface area contributed by atoms with Crippen molar-refractivity contribution in [3.63, 3.8) is 0 Å². The van der Waals surface area contributed by atoms with Crippen LogP contribution in [-0.4, -0.2) is 432 Å². The van der Waals surface area contributed by atoms with E-state index >= 15 is 0 Å². The molecule has 0 spiro atoms. The second-order valence-electron chi connectivity index (χ2n) is 14.2. The molecule has 0 saturated carbocycles. The van der Waals surface area contributed by atoms with Crippen molar-refractivity contribution < 1.29 is 228 Å². The maximum Gasteiger partial charge on any atom is 0.529 e. The van der Waals surface area contributed by atoms with Crippen molar-refractivity contribution >= 4 is 35.2 Å². The van der Waals surface area contributed by atoms with Gasteiger partial charge in [0, 0.05) is 253 Å². The SMILES string of the molecule is CO.CO.CO.CO.CO.CO.CO.CO.CO.CO.CO.CO.CO.CO.CO.CO.CO.CO.CO.CO.CO.CO[Si](/C=C/CC(C)(O)C(F)(F)F)(OC)OC.CO[Si](/C=C/CC(C)(O)C(F)(F)F)(OC)OC.CO[Si](/C=C\CC(C)(O)C(F)(F)F)(OC)OC.CO[Si]1(OC)C=CCC(C)(C(F)(F)F)O1. The highest BCUT2D eigenvalue weighted by Gasteiger charge is 2.59. The van der Waals surface area contributed by atoms with E-state index in [1.807, 2.05) is 0 Å². The van der Waals surface area contributed by atoms with E-state index in [0.29, 0.717) is 20.8 Å². The Hall–Kier alpha value is -2.45. The molecule has 0 amide bonds. The molecule has 0 saturated heterocycles. The van der Waals surface area contributed by atoms with Crippen molar-refractivity contribution in [1.82, 2.24) is 0 Å². The zero-order valence-corrected chi connectivity index (χ0v) is 73.6. The lowest BCUT2D eigenvalue weighted by atomic mass is 10.0.